The van der Waals surface area contributed by atoms with E-state index in [0.717, 1.165) is 39.6 Å². The van der Waals surface area contributed by atoms with Crippen LogP contribution in [0.15, 0.2) is 42.5 Å². The van der Waals surface area contributed by atoms with Crippen LogP contribution < -0.4 is 14.7 Å². The maximum absolute atomic E-state index is 13.3. The zero-order chi connectivity index (χ0) is 20.3. The van der Waals surface area contributed by atoms with Crippen LogP contribution in [0.25, 0.3) is 10.2 Å². The Morgan fingerprint density at radius 3 is 2.43 bits per heavy atom. The predicted octanol–water partition coefficient (Wildman–Crippen LogP) is 2.85. The van der Waals surface area contributed by atoms with Crippen molar-refractivity contribution in [1.29, 1.82) is 0 Å². The van der Waals surface area contributed by atoms with Crippen molar-refractivity contribution < 1.29 is 9.69 Å². The Labute approximate surface area is 171 Å². The number of fused-ring (bicyclic) bond motifs is 1. The average Bonchev–Trinajstić information content (AvgIpc) is 3.10. The average molecular weight is 398 g/mol. The second kappa shape index (κ2) is 8.71. The Hall–Kier alpha value is -2.44. The van der Waals surface area contributed by atoms with Crippen LogP contribution in [-0.4, -0.2) is 52.2 Å². The maximum atomic E-state index is 13.3. The normalized spacial score (nSPS) is 11.2. The molecule has 0 saturated heterocycles. The van der Waals surface area contributed by atoms with E-state index >= 15 is 0 Å². The monoisotopic (exact) mass is 397 g/mol. The number of anilines is 2. The largest absolute Gasteiger partial charge is 0.378 e. The number of nitrogens with one attached hydrogen (secondary N) is 1. The topological polar surface area (TPSA) is 40.9 Å². The molecule has 0 bridgehead atoms. The molecule has 1 amide bonds. The minimum atomic E-state index is 0.00997. The Morgan fingerprint density at radius 1 is 1.11 bits per heavy atom. The first kappa shape index (κ1) is 20.3. The van der Waals surface area contributed by atoms with Crippen LogP contribution in [0.2, 0.25) is 0 Å². The van der Waals surface area contributed by atoms with Crippen molar-refractivity contribution in [2.24, 2.45) is 0 Å². The van der Waals surface area contributed by atoms with Gasteiger partial charge in [-0.3, -0.25) is 9.69 Å². The molecule has 1 N–H and O–H groups in total. The van der Waals surface area contributed by atoms with Crippen LogP contribution in [0.3, 0.4) is 0 Å². The number of para-hydroxylation sites is 1. The van der Waals surface area contributed by atoms with E-state index in [2.05, 4.69) is 33.2 Å². The lowest BCUT2D eigenvalue weighted by atomic mass is 10.1. The molecule has 1 aromatic heterocycles. The van der Waals surface area contributed by atoms with Crippen LogP contribution in [0.1, 0.15) is 22.3 Å². The summed E-state index contributed by atoms with van der Waals surface area (Å²) in [5.41, 5.74) is 3.90. The van der Waals surface area contributed by atoms with Crippen molar-refractivity contribution in [3.8, 4) is 0 Å². The summed E-state index contributed by atoms with van der Waals surface area (Å²) in [6.07, 6.45) is 0.929. The lowest BCUT2D eigenvalue weighted by Crippen LogP contribution is -3.05. The smallest absolute Gasteiger partial charge is 0.260 e. The molecule has 6 heteroatoms. The number of quaternary nitrogens is 1. The van der Waals surface area contributed by atoms with Crippen LogP contribution in [-0.2, 0) is 0 Å². The molecule has 0 fully saturated rings. The van der Waals surface area contributed by atoms with Crippen molar-refractivity contribution in [1.82, 2.24) is 4.98 Å². The molecule has 28 heavy (non-hydrogen) atoms. The molecular formula is C22H29N4OS+. The van der Waals surface area contributed by atoms with Gasteiger partial charge in [-0.25, -0.2) is 4.98 Å². The summed E-state index contributed by atoms with van der Waals surface area (Å²) in [5, 5.41) is 0.778. The first-order valence-corrected chi connectivity index (χ1v) is 10.4. The van der Waals surface area contributed by atoms with Crippen LogP contribution in [0, 0.1) is 6.92 Å². The van der Waals surface area contributed by atoms with Gasteiger partial charge in [-0.1, -0.05) is 23.5 Å². The molecule has 0 aliphatic rings. The van der Waals surface area contributed by atoms with E-state index in [4.69, 9.17) is 4.98 Å². The summed E-state index contributed by atoms with van der Waals surface area (Å²) >= 11 is 1.59. The minimum Gasteiger partial charge on any atom is -0.378 e. The van der Waals surface area contributed by atoms with E-state index < -0.39 is 0 Å². The first-order valence-electron chi connectivity index (χ1n) is 9.61. The Bertz CT molecular complexity index is 947. The van der Waals surface area contributed by atoms with Gasteiger partial charge < -0.3 is 9.80 Å². The van der Waals surface area contributed by atoms with Crippen molar-refractivity contribution >= 4 is 38.3 Å². The molecule has 0 aliphatic heterocycles. The fourth-order valence-corrected chi connectivity index (χ4v) is 4.19. The fraction of sp³-hybridized carbons (Fsp3) is 0.364. The highest BCUT2D eigenvalue weighted by atomic mass is 32.1. The number of carbonyl (C=O) groups excluding carboxylic acids is 1. The van der Waals surface area contributed by atoms with Gasteiger partial charge in [-0.2, -0.15) is 0 Å². The van der Waals surface area contributed by atoms with Gasteiger partial charge in [0.05, 0.1) is 30.9 Å². The zero-order valence-corrected chi connectivity index (χ0v) is 18.1. The Morgan fingerprint density at radius 2 is 1.82 bits per heavy atom. The Balaban J connectivity index is 1.92. The number of benzene rings is 2. The molecule has 0 unspecified atom stereocenters. The van der Waals surface area contributed by atoms with Crippen LogP contribution in [0.5, 0.6) is 0 Å². The van der Waals surface area contributed by atoms with E-state index in [1.54, 1.807) is 11.3 Å². The molecule has 0 saturated carbocycles. The van der Waals surface area contributed by atoms with E-state index in [-0.39, 0.29) is 5.91 Å². The third kappa shape index (κ3) is 4.51. The van der Waals surface area contributed by atoms with Gasteiger partial charge in [0, 0.05) is 38.3 Å². The van der Waals surface area contributed by atoms with Gasteiger partial charge in [-0.15, -0.1) is 0 Å². The summed E-state index contributed by atoms with van der Waals surface area (Å²) in [7, 11) is 8.26. The lowest BCUT2D eigenvalue weighted by molar-refractivity contribution is -0.858. The van der Waals surface area contributed by atoms with Gasteiger partial charge in [0.2, 0.25) is 0 Å². The summed E-state index contributed by atoms with van der Waals surface area (Å²) < 4.78 is 1.12. The molecule has 0 aliphatic carbocycles. The van der Waals surface area contributed by atoms with E-state index in [0.29, 0.717) is 12.1 Å². The molecule has 0 spiro atoms. The molecule has 0 atom stereocenters. The highest BCUT2D eigenvalue weighted by Gasteiger charge is 2.22. The number of rotatable bonds is 7. The molecule has 3 rings (SSSR count). The number of nitrogens with zero attached hydrogens (tertiary/aromatic N) is 3. The van der Waals surface area contributed by atoms with Gasteiger partial charge in [-0.05, 0) is 42.8 Å². The summed E-state index contributed by atoms with van der Waals surface area (Å²) in [6.45, 7) is 3.74. The molecule has 0 radical (unpaired) electrons. The summed E-state index contributed by atoms with van der Waals surface area (Å²) in [5.74, 6) is 0.00997. The van der Waals surface area contributed by atoms with Gasteiger partial charge in [0.15, 0.2) is 5.13 Å². The highest BCUT2D eigenvalue weighted by Crippen LogP contribution is 2.31. The Kier molecular flexibility index (Phi) is 6.31. The first-order chi connectivity index (χ1) is 13.4. The molecule has 2 aromatic carbocycles. The van der Waals surface area contributed by atoms with Crippen molar-refractivity contribution in [3.63, 3.8) is 0 Å². The maximum Gasteiger partial charge on any atom is 0.260 e. The van der Waals surface area contributed by atoms with Crippen molar-refractivity contribution in [2.45, 2.75) is 13.3 Å². The van der Waals surface area contributed by atoms with Crippen LogP contribution >= 0.6 is 11.3 Å². The number of amides is 1. The summed E-state index contributed by atoms with van der Waals surface area (Å²) in [6, 6.07) is 14.0. The molecular weight excluding hydrogens is 368 g/mol. The SMILES string of the molecule is Cc1cccc2sc(N(CCC[NH+](C)C)C(=O)c3ccc(N(C)C)cc3)nc12. The number of thiazole rings is 1. The number of hydrogen-bond acceptors (Lipinski definition) is 4. The zero-order valence-electron chi connectivity index (χ0n) is 17.3. The van der Waals surface area contributed by atoms with Gasteiger partial charge in [0.25, 0.3) is 5.91 Å². The van der Waals surface area contributed by atoms with Crippen molar-refractivity contribution in [3.05, 3.63) is 53.6 Å². The predicted molar refractivity (Wildman–Crippen MR) is 119 cm³/mol. The second-order valence-electron chi connectivity index (χ2n) is 7.63. The minimum absolute atomic E-state index is 0.00997. The van der Waals surface area contributed by atoms with Crippen molar-refractivity contribution in [2.75, 3.05) is 51.1 Å². The number of carbonyl (C=O) groups is 1. The molecule has 148 valence electrons. The molecule has 5 nitrogen and oxygen atoms in total. The van der Waals surface area contributed by atoms with Gasteiger partial charge in [0.1, 0.15) is 0 Å². The van der Waals surface area contributed by atoms with E-state index in [1.807, 2.05) is 54.2 Å². The van der Waals surface area contributed by atoms with E-state index in [9.17, 15) is 4.79 Å². The number of aromatic nitrogens is 1. The third-order valence-corrected chi connectivity index (χ3v) is 5.82. The fourth-order valence-electron chi connectivity index (χ4n) is 3.12. The molecule has 1 heterocycles. The lowest BCUT2D eigenvalue weighted by Gasteiger charge is -2.21. The molecule has 3 aromatic rings. The third-order valence-electron chi connectivity index (χ3n) is 4.77. The number of hydrogen-bond donors (Lipinski definition) is 1. The van der Waals surface area contributed by atoms with E-state index in [1.165, 1.54) is 4.90 Å². The summed E-state index contributed by atoms with van der Waals surface area (Å²) in [4.78, 5) is 23.4. The number of aryl methyl sites for hydroxylation is 1. The standard InChI is InChI=1S/C22H28N4OS/c1-16-8-6-9-19-20(16)23-22(28-19)26(15-7-14-24(2)3)21(27)17-10-12-18(13-11-17)25(4)5/h6,8-13H,7,14-15H2,1-5H3/p+1. The highest BCUT2D eigenvalue weighted by molar-refractivity contribution is 7.22. The quantitative estimate of drug-likeness (QED) is 0.667. The van der Waals surface area contributed by atoms with Gasteiger partial charge >= 0.3 is 0 Å². The van der Waals surface area contributed by atoms with Crippen LogP contribution in [0.4, 0.5) is 10.8 Å². The second-order valence-corrected chi connectivity index (χ2v) is 8.64.